The monoisotopic (exact) mass is 371 g/mol. The molecule has 2 N–H and O–H groups in total. The van der Waals surface area contributed by atoms with Crippen molar-refractivity contribution in [3.8, 4) is 0 Å². The summed E-state index contributed by atoms with van der Waals surface area (Å²) in [5, 5.41) is 5.85. The molecule has 3 rings (SSSR count). The molecule has 2 fully saturated rings. The molecule has 0 spiro atoms. The maximum atomic E-state index is 12.3. The number of hydrogen-bond donors (Lipinski definition) is 2. The van der Waals surface area contributed by atoms with Crippen LogP contribution in [-0.2, 0) is 16.1 Å². The SMILES string of the molecule is CN(Cc1ccc(C(=O)NC2CC2)cc1)C(=O)CCNC(=O)C1CCCC1. The number of nitrogens with zero attached hydrogens (tertiary/aromatic N) is 1. The molecule has 2 saturated carbocycles. The van der Waals surface area contributed by atoms with Crippen LogP contribution in [0.2, 0.25) is 0 Å². The number of amides is 3. The zero-order valence-electron chi connectivity index (χ0n) is 16.0. The van der Waals surface area contributed by atoms with Crippen molar-refractivity contribution in [2.45, 2.75) is 57.5 Å². The van der Waals surface area contributed by atoms with E-state index in [1.807, 2.05) is 12.1 Å². The average Bonchev–Trinajstić information content (AvgIpc) is 3.30. The van der Waals surface area contributed by atoms with Gasteiger partial charge >= 0.3 is 0 Å². The van der Waals surface area contributed by atoms with E-state index in [0.29, 0.717) is 31.1 Å². The molecule has 0 aromatic heterocycles. The standard InChI is InChI=1S/C21H29N3O3/c1-24(19(25)12-13-22-20(26)16-4-2-3-5-16)14-15-6-8-17(9-7-15)21(27)23-18-10-11-18/h6-9,16,18H,2-5,10-14H2,1H3,(H,22,26)(H,23,27). The lowest BCUT2D eigenvalue weighted by molar-refractivity contribution is -0.130. The zero-order chi connectivity index (χ0) is 19.2. The first-order chi connectivity index (χ1) is 13.0. The van der Waals surface area contributed by atoms with E-state index in [0.717, 1.165) is 44.1 Å². The van der Waals surface area contributed by atoms with Crippen LogP contribution in [0.4, 0.5) is 0 Å². The van der Waals surface area contributed by atoms with Gasteiger partial charge in [-0.05, 0) is 43.4 Å². The van der Waals surface area contributed by atoms with Gasteiger partial charge in [-0.3, -0.25) is 14.4 Å². The second-order valence-electron chi connectivity index (χ2n) is 7.72. The summed E-state index contributed by atoms with van der Waals surface area (Å²) < 4.78 is 0. The zero-order valence-corrected chi connectivity index (χ0v) is 16.0. The van der Waals surface area contributed by atoms with Crippen molar-refractivity contribution >= 4 is 17.7 Å². The molecule has 2 aliphatic rings. The Labute approximate surface area is 160 Å². The third-order valence-electron chi connectivity index (χ3n) is 5.34. The van der Waals surface area contributed by atoms with E-state index < -0.39 is 0 Å². The van der Waals surface area contributed by atoms with Crippen molar-refractivity contribution < 1.29 is 14.4 Å². The lowest BCUT2D eigenvalue weighted by atomic mass is 10.1. The number of hydrogen-bond acceptors (Lipinski definition) is 3. The van der Waals surface area contributed by atoms with Crippen LogP contribution in [0, 0.1) is 5.92 Å². The Kier molecular flexibility index (Phi) is 6.48. The first-order valence-electron chi connectivity index (χ1n) is 9.94. The minimum Gasteiger partial charge on any atom is -0.355 e. The van der Waals surface area contributed by atoms with E-state index >= 15 is 0 Å². The predicted molar refractivity (Wildman–Crippen MR) is 103 cm³/mol. The number of rotatable bonds is 8. The third-order valence-corrected chi connectivity index (χ3v) is 5.34. The molecule has 0 saturated heterocycles. The highest BCUT2D eigenvalue weighted by molar-refractivity contribution is 5.94. The Morgan fingerprint density at radius 2 is 1.70 bits per heavy atom. The summed E-state index contributed by atoms with van der Waals surface area (Å²) in [4.78, 5) is 37.9. The van der Waals surface area contributed by atoms with Gasteiger partial charge in [-0.1, -0.05) is 25.0 Å². The van der Waals surface area contributed by atoms with Crippen molar-refractivity contribution in [3.63, 3.8) is 0 Å². The molecule has 0 unspecified atom stereocenters. The summed E-state index contributed by atoms with van der Waals surface area (Å²) in [5.74, 6) is 0.181. The van der Waals surface area contributed by atoms with Crippen LogP contribution in [-0.4, -0.2) is 42.3 Å². The number of benzene rings is 1. The molecule has 0 radical (unpaired) electrons. The van der Waals surface area contributed by atoms with Gasteiger partial charge in [0.2, 0.25) is 11.8 Å². The molecule has 2 aliphatic carbocycles. The summed E-state index contributed by atoms with van der Waals surface area (Å²) in [6, 6.07) is 7.71. The smallest absolute Gasteiger partial charge is 0.251 e. The number of carbonyl (C=O) groups excluding carboxylic acids is 3. The van der Waals surface area contributed by atoms with Crippen molar-refractivity contribution in [1.29, 1.82) is 0 Å². The maximum absolute atomic E-state index is 12.3. The highest BCUT2D eigenvalue weighted by atomic mass is 16.2. The summed E-state index contributed by atoms with van der Waals surface area (Å²) in [5.41, 5.74) is 1.62. The minimum absolute atomic E-state index is 0.00252. The Bertz CT molecular complexity index is 676. The molecule has 0 atom stereocenters. The van der Waals surface area contributed by atoms with E-state index in [1.165, 1.54) is 0 Å². The predicted octanol–water partition coefficient (Wildman–Crippen LogP) is 2.23. The van der Waals surface area contributed by atoms with Crippen LogP contribution >= 0.6 is 0 Å². The Balaban J connectivity index is 1.39. The Morgan fingerprint density at radius 1 is 1.04 bits per heavy atom. The summed E-state index contributed by atoms with van der Waals surface area (Å²) in [6.45, 7) is 0.874. The van der Waals surface area contributed by atoms with E-state index in [2.05, 4.69) is 10.6 Å². The Hall–Kier alpha value is -2.37. The van der Waals surface area contributed by atoms with Crippen LogP contribution in [0.1, 0.15) is 60.9 Å². The highest BCUT2D eigenvalue weighted by Gasteiger charge is 2.24. The van der Waals surface area contributed by atoms with E-state index in [4.69, 9.17) is 0 Å². The van der Waals surface area contributed by atoms with E-state index in [9.17, 15) is 14.4 Å². The number of carbonyl (C=O) groups is 3. The molecule has 0 heterocycles. The van der Waals surface area contributed by atoms with Gasteiger partial charge in [0.15, 0.2) is 0 Å². The Morgan fingerprint density at radius 3 is 2.33 bits per heavy atom. The van der Waals surface area contributed by atoms with Gasteiger partial charge in [0, 0.05) is 44.1 Å². The van der Waals surface area contributed by atoms with Gasteiger partial charge < -0.3 is 15.5 Å². The molecule has 1 aromatic rings. The summed E-state index contributed by atoms with van der Waals surface area (Å²) in [6.07, 6.45) is 6.62. The topological polar surface area (TPSA) is 78.5 Å². The molecule has 3 amide bonds. The van der Waals surface area contributed by atoms with E-state index in [-0.39, 0.29) is 23.6 Å². The van der Waals surface area contributed by atoms with Crippen molar-refractivity contribution in [3.05, 3.63) is 35.4 Å². The van der Waals surface area contributed by atoms with Crippen LogP contribution < -0.4 is 10.6 Å². The fourth-order valence-electron chi connectivity index (χ4n) is 3.44. The minimum atomic E-state index is -0.0357. The largest absolute Gasteiger partial charge is 0.355 e. The van der Waals surface area contributed by atoms with Crippen LogP contribution in [0.25, 0.3) is 0 Å². The van der Waals surface area contributed by atoms with Crippen LogP contribution in [0.3, 0.4) is 0 Å². The van der Waals surface area contributed by atoms with Gasteiger partial charge in [0.1, 0.15) is 0 Å². The van der Waals surface area contributed by atoms with Gasteiger partial charge in [-0.25, -0.2) is 0 Å². The number of nitrogens with one attached hydrogen (secondary N) is 2. The molecular weight excluding hydrogens is 342 g/mol. The van der Waals surface area contributed by atoms with Crippen LogP contribution in [0.15, 0.2) is 24.3 Å². The van der Waals surface area contributed by atoms with E-state index in [1.54, 1.807) is 24.1 Å². The van der Waals surface area contributed by atoms with Gasteiger partial charge in [-0.15, -0.1) is 0 Å². The maximum Gasteiger partial charge on any atom is 0.251 e. The first kappa shape index (κ1) is 19.4. The van der Waals surface area contributed by atoms with Crippen molar-refractivity contribution in [2.75, 3.05) is 13.6 Å². The lowest BCUT2D eigenvalue weighted by Gasteiger charge is -2.18. The third kappa shape index (κ3) is 5.81. The normalized spacial score (nSPS) is 16.8. The lowest BCUT2D eigenvalue weighted by Crippen LogP contribution is -2.34. The summed E-state index contributed by atoms with van der Waals surface area (Å²) >= 11 is 0. The highest BCUT2D eigenvalue weighted by Crippen LogP contribution is 2.24. The molecular formula is C21H29N3O3. The van der Waals surface area contributed by atoms with Crippen molar-refractivity contribution in [2.24, 2.45) is 5.92 Å². The molecule has 146 valence electrons. The molecule has 6 heteroatoms. The fourth-order valence-corrected chi connectivity index (χ4v) is 3.44. The summed E-state index contributed by atoms with van der Waals surface area (Å²) in [7, 11) is 1.76. The quantitative estimate of drug-likeness (QED) is 0.736. The van der Waals surface area contributed by atoms with Crippen LogP contribution in [0.5, 0.6) is 0 Å². The second kappa shape index (κ2) is 9.02. The molecule has 0 aliphatic heterocycles. The van der Waals surface area contributed by atoms with Gasteiger partial charge in [0.05, 0.1) is 0 Å². The van der Waals surface area contributed by atoms with Crippen molar-refractivity contribution in [1.82, 2.24) is 15.5 Å². The molecule has 6 nitrogen and oxygen atoms in total. The average molecular weight is 371 g/mol. The molecule has 27 heavy (non-hydrogen) atoms. The van der Waals surface area contributed by atoms with Gasteiger partial charge in [0.25, 0.3) is 5.91 Å². The molecule has 0 bridgehead atoms. The van der Waals surface area contributed by atoms with Gasteiger partial charge in [-0.2, -0.15) is 0 Å². The molecule has 1 aromatic carbocycles. The fraction of sp³-hybridized carbons (Fsp3) is 0.571. The first-order valence-corrected chi connectivity index (χ1v) is 9.94. The second-order valence-corrected chi connectivity index (χ2v) is 7.72.